The molecule has 0 fully saturated rings. The molecular formula is H5Ba2NO7S+2. The van der Waals surface area contributed by atoms with Crippen LogP contribution in [0.3, 0.4) is 0 Å². The van der Waals surface area contributed by atoms with Crippen molar-refractivity contribution in [3.8, 4) is 0 Å². The summed E-state index contributed by atoms with van der Waals surface area (Å²) in [6, 6.07) is 0. The molecule has 0 bridgehead atoms. The Kier molecular flexibility index (Phi) is 25.8. The Bertz CT molecular complexity index is 159. The third-order valence-corrected chi connectivity index (χ3v) is 0. The molecule has 0 heterocycles. The molecule has 0 saturated heterocycles. The molecule has 0 atom stereocenters. The van der Waals surface area contributed by atoms with E-state index in [1.807, 2.05) is 0 Å². The second-order valence-electron chi connectivity index (χ2n) is 0.686. The molecule has 0 aliphatic heterocycles. The standard InChI is InChI=1S/2Ba.HNO3.H2O4S.2H/c;;2-1(3)4;1-5(2,3)4;;/h;;(H,2,3,4);(H2,1,2,3,4);;/q;+2;;;;. The molecular weight excluding hydrogens is 433 g/mol. The van der Waals surface area contributed by atoms with Crippen LogP contribution in [-0.2, 0) is 10.4 Å². The van der Waals surface area contributed by atoms with Crippen LogP contribution in [0, 0.1) is 10.1 Å². The van der Waals surface area contributed by atoms with E-state index >= 15 is 0 Å². The quantitative estimate of drug-likeness (QED) is 0.168. The van der Waals surface area contributed by atoms with Gasteiger partial charge in [-0.3, -0.25) is 9.11 Å². The van der Waals surface area contributed by atoms with Crippen molar-refractivity contribution in [1.82, 2.24) is 0 Å². The minimum absolute atomic E-state index is 0. The molecule has 0 aromatic heterocycles. The number of rotatable bonds is 0. The summed E-state index contributed by atoms with van der Waals surface area (Å²) in [6.07, 6.45) is 0. The first-order valence-corrected chi connectivity index (χ1v) is 2.66. The van der Waals surface area contributed by atoms with Gasteiger partial charge < -0.3 is 5.21 Å². The second kappa shape index (κ2) is 12.2. The molecule has 0 rings (SSSR count). The number of hydrogen-bond donors (Lipinski definition) is 3. The van der Waals surface area contributed by atoms with E-state index in [1.54, 1.807) is 0 Å². The Labute approximate surface area is 143 Å². The summed E-state index contributed by atoms with van der Waals surface area (Å²) in [5.74, 6) is 0. The first kappa shape index (κ1) is 23.2. The van der Waals surface area contributed by atoms with Gasteiger partial charge in [0.15, 0.2) is 0 Å². The van der Waals surface area contributed by atoms with Crippen molar-refractivity contribution in [2.75, 3.05) is 0 Å². The summed E-state index contributed by atoms with van der Waals surface area (Å²) in [6.45, 7) is 0. The zero-order valence-corrected chi connectivity index (χ0v) is 9.79. The minimum atomic E-state index is -4.67. The van der Waals surface area contributed by atoms with Crippen LogP contribution in [0.1, 0.15) is 0 Å². The molecule has 60 valence electrons. The fourth-order valence-electron chi connectivity index (χ4n) is 0. The Balaban J connectivity index is -0.0000000383. The first-order chi connectivity index (χ1) is 3.73. The normalized spacial score (nSPS) is 7.45. The van der Waals surface area contributed by atoms with E-state index in [1.165, 1.54) is 0 Å². The van der Waals surface area contributed by atoms with Gasteiger partial charge in [-0.1, -0.05) is 0 Å². The topological polar surface area (TPSA) is 138 Å². The Morgan fingerprint density at radius 3 is 1.27 bits per heavy atom. The van der Waals surface area contributed by atoms with E-state index < -0.39 is 15.5 Å². The summed E-state index contributed by atoms with van der Waals surface area (Å²) in [5.41, 5.74) is 0. The maximum absolute atomic E-state index is 8.74. The molecule has 0 aliphatic carbocycles. The SMILES string of the molecule is O=S(=O)(O)O.O=[N+]([O-])O.[Ba+2].[BaH2]. The van der Waals surface area contributed by atoms with Gasteiger partial charge in [0.2, 0.25) is 0 Å². The summed E-state index contributed by atoms with van der Waals surface area (Å²) in [7, 11) is -4.67. The summed E-state index contributed by atoms with van der Waals surface area (Å²) < 4.78 is 31.6. The van der Waals surface area contributed by atoms with Gasteiger partial charge in [0.25, 0.3) is 5.09 Å². The molecule has 11 heteroatoms. The van der Waals surface area contributed by atoms with Gasteiger partial charge in [-0.05, 0) is 0 Å². The van der Waals surface area contributed by atoms with Crippen molar-refractivity contribution >= 4 is 108 Å². The van der Waals surface area contributed by atoms with Crippen LogP contribution >= 0.6 is 0 Å². The average molecular weight is 438 g/mol. The van der Waals surface area contributed by atoms with Crippen LogP contribution in [-0.4, -0.2) is 126 Å². The van der Waals surface area contributed by atoms with Crippen molar-refractivity contribution in [3.05, 3.63) is 10.1 Å². The third-order valence-electron chi connectivity index (χ3n) is 0. The van der Waals surface area contributed by atoms with Crippen molar-refractivity contribution in [1.29, 1.82) is 0 Å². The van der Waals surface area contributed by atoms with E-state index in [2.05, 4.69) is 0 Å². The molecule has 3 N–H and O–H groups in total. The van der Waals surface area contributed by atoms with Crippen molar-refractivity contribution in [2.24, 2.45) is 0 Å². The van der Waals surface area contributed by atoms with Crippen LogP contribution in [0.4, 0.5) is 0 Å². The second-order valence-corrected chi connectivity index (χ2v) is 1.58. The van der Waals surface area contributed by atoms with Crippen molar-refractivity contribution < 1.29 is 27.8 Å². The molecule has 0 amide bonds. The maximum atomic E-state index is 8.74. The van der Waals surface area contributed by atoms with Crippen LogP contribution in [0.25, 0.3) is 0 Å². The van der Waals surface area contributed by atoms with E-state index in [0.29, 0.717) is 0 Å². The fourth-order valence-corrected chi connectivity index (χ4v) is 0. The number of hydrogen-bond acceptors (Lipinski definition) is 4. The zero-order valence-electron chi connectivity index (χ0n) is 4.54. The van der Waals surface area contributed by atoms with E-state index in [-0.39, 0.29) is 97.8 Å². The van der Waals surface area contributed by atoms with Crippen LogP contribution in [0.2, 0.25) is 0 Å². The molecule has 0 aromatic rings. The van der Waals surface area contributed by atoms with Crippen LogP contribution in [0.5, 0.6) is 0 Å². The van der Waals surface area contributed by atoms with Crippen LogP contribution < -0.4 is 0 Å². The summed E-state index contributed by atoms with van der Waals surface area (Å²) >= 11 is 0. The van der Waals surface area contributed by atoms with Gasteiger partial charge in [0.1, 0.15) is 0 Å². The molecule has 0 aromatic carbocycles. The van der Waals surface area contributed by atoms with Gasteiger partial charge in [-0.25, -0.2) is 0 Å². The monoisotopic (exact) mass is 439 g/mol. The summed E-state index contributed by atoms with van der Waals surface area (Å²) in [5, 5.41) is 13.6. The molecule has 0 saturated carbocycles. The Hall–Kier alpha value is 2.21. The molecule has 0 aliphatic rings. The number of nitrogens with zero attached hydrogens (tertiary/aromatic N) is 1. The zero-order chi connectivity index (χ0) is 8.08. The van der Waals surface area contributed by atoms with E-state index in [9.17, 15) is 0 Å². The van der Waals surface area contributed by atoms with Gasteiger partial charge in [0.05, 0.1) is 0 Å². The molecule has 11 heavy (non-hydrogen) atoms. The van der Waals surface area contributed by atoms with E-state index in [4.69, 9.17) is 32.8 Å². The fraction of sp³-hybridized carbons (Fsp3) is 0. The predicted octanol–water partition coefficient (Wildman–Crippen LogP) is -2.30. The van der Waals surface area contributed by atoms with Gasteiger partial charge >= 0.3 is 108 Å². The summed E-state index contributed by atoms with van der Waals surface area (Å²) in [4.78, 5) is 8.36. The Morgan fingerprint density at radius 2 is 1.27 bits per heavy atom. The van der Waals surface area contributed by atoms with E-state index in [0.717, 1.165) is 0 Å². The van der Waals surface area contributed by atoms with Crippen molar-refractivity contribution in [2.45, 2.75) is 0 Å². The van der Waals surface area contributed by atoms with Gasteiger partial charge in [-0.2, -0.15) is 8.42 Å². The van der Waals surface area contributed by atoms with Crippen LogP contribution in [0.15, 0.2) is 0 Å². The van der Waals surface area contributed by atoms with Gasteiger partial charge in [-0.15, -0.1) is 10.1 Å². The third kappa shape index (κ3) is 260. The molecule has 0 radical (unpaired) electrons. The van der Waals surface area contributed by atoms with Crippen molar-refractivity contribution in [3.63, 3.8) is 0 Å². The molecule has 0 unspecified atom stereocenters. The van der Waals surface area contributed by atoms with Gasteiger partial charge in [0, 0.05) is 0 Å². The molecule has 0 spiro atoms. The average Bonchev–Trinajstić information content (AvgIpc) is 1.19. The first-order valence-electron chi connectivity index (χ1n) is 1.26. The molecule has 8 nitrogen and oxygen atoms in total. The predicted molar refractivity (Wildman–Crippen MR) is 37.3 cm³/mol. The Morgan fingerprint density at radius 1 is 1.27 bits per heavy atom.